The molecule has 0 aliphatic carbocycles. The summed E-state index contributed by atoms with van der Waals surface area (Å²) < 4.78 is 14.2. The summed E-state index contributed by atoms with van der Waals surface area (Å²) in [4.78, 5) is 12.7. The lowest BCUT2D eigenvalue weighted by atomic mass is 10.1. The molecule has 0 unspecified atom stereocenters. The number of methoxy groups -OCH3 is 1. The molecule has 4 rings (SSSR count). The quantitative estimate of drug-likeness (QED) is 0.233. The Balaban J connectivity index is 1.46. The number of hydrogen-bond donors (Lipinski definition) is 1. The Labute approximate surface area is 207 Å². The summed E-state index contributed by atoms with van der Waals surface area (Å²) in [6.45, 7) is 2.47. The van der Waals surface area contributed by atoms with E-state index in [0.29, 0.717) is 23.7 Å². The number of nitrogens with zero attached hydrogens (tertiary/aromatic N) is 2. The standard InChI is InChI=1S/C27H24BrN3O3/c1-19-8-7-9-20(14-19)18-34-26-23(28)15-21(16-25(26)33-2)17-29-30-27(32)22-10-3-4-11-24(22)31-12-5-6-13-31/h3-17H,18H2,1-2H3,(H,30,32)/b29-17+. The smallest absolute Gasteiger partial charge is 0.273 e. The molecule has 1 heterocycles. The van der Waals surface area contributed by atoms with Crippen molar-refractivity contribution in [1.29, 1.82) is 0 Å². The molecule has 0 radical (unpaired) electrons. The lowest BCUT2D eigenvalue weighted by Gasteiger charge is -2.14. The number of aromatic nitrogens is 1. The van der Waals surface area contributed by atoms with Crippen LogP contribution in [0.2, 0.25) is 0 Å². The maximum absolute atomic E-state index is 12.7. The molecule has 4 aromatic rings. The highest BCUT2D eigenvalue weighted by Gasteiger charge is 2.13. The van der Waals surface area contributed by atoms with Gasteiger partial charge in [-0.15, -0.1) is 0 Å². The van der Waals surface area contributed by atoms with Crippen LogP contribution in [0.3, 0.4) is 0 Å². The Morgan fingerprint density at radius 3 is 2.62 bits per heavy atom. The number of ether oxygens (including phenoxy) is 2. The zero-order chi connectivity index (χ0) is 23.9. The number of amides is 1. The van der Waals surface area contributed by atoms with E-state index in [-0.39, 0.29) is 5.91 Å². The van der Waals surface area contributed by atoms with Gasteiger partial charge in [-0.2, -0.15) is 5.10 Å². The second-order valence-corrected chi connectivity index (χ2v) is 8.47. The summed E-state index contributed by atoms with van der Waals surface area (Å²) in [6.07, 6.45) is 5.34. The lowest BCUT2D eigenvalue weighted by Crippen LogP contribution is -2.19. The van der Waals surface area contributed by atoms with Gasteiger partial charge in [0, 0.05) is 12.4 Å². The lowest BCUT2D eigenvalue weighted by molar-refractivity contribution is 0.0955. The van der Waals surface area contributed by atoms with E-state index in [2.05, 4.69) is 32.5 Å². The van der Waals surface area contributed by atoms with Gasteiger partial charge in [0.15, 0.2) is 11.5 Å². The van der Waals surface area contributed by atoms with Crippen LogP contribution in [0.4, 0.5) is 0 Å². The summed E-state index contributed by atoms with van der Waals surface area (Å²) in [6, 6.07) is 23.0. The summed E-state index contributed by atoms with van der Waals surface area (Å²) in [5.74, 6) is 0.864. The maximum atomic E-state index is 12.7. The summed E-state index contributed by atoms with van der Waals surface area (Å²) in [7, 11) is 1.59. The highest BCUT2D eigenvalue weighted by atomic mass is 79.9. The predicted molar refractivity (Wildman–Crippen MR) is 137 cm³/mol. The van der Waals surface area contributed by atoms with E-state index in [9.17, 15) is 4.79 Å². The summed E-state index contributed by atoms with van der Waals surface area (Å²) in [5.41, 5.74) is 6.89. The average molecular weight is 518 g/mol. The van der Waals surface area contributed by atoms with Crippen molar-refractivity contribution in [2.45, 2.75) is 13.5 Å². The van der Waals surface area contributed by atoms with E-state index in [1.54, 1.807) is 25.5 Å². The molecule has 34 heavy (non-hydrogen) atoms. The van der Waals surface area contributed by atoms with Crippen LogP contribution in [0, 0.1) is 6.92 Å². The molecule has 0 saturated heterocycles. The molecule has 6 nitrogen and oxygen atoms in total. The van der Waals surface area contributed by atoms with Gasteiger partial charge in [-0.05, 0) is 70.4 Å². The molecule has 0 fully saturated rings. The second-order valence-electron chi connectivity index (χ2n) is 7.62. The number of nitrogens with one attached hydrogen (secondary N) is 1. The highest BCUT2D eigenvalue weighted by molar-refractivity contribution is 9.10. The molecule has 1 aromatic heterocycles. The first-order valence-electron chi connectivity index (χ1n) is 10.7. The van der Waals surface area contributed by atoms with Crippen molar-refractivity contribution < 1.29 is 14.3 Å². The molecule has 0 spiro atoms. The largest absolute Gasteiger partial charge is 0.493 e. The van der Waals surface area contributed by atoms with Crippen LogP contribution < -0.4 is 14.9 Å². The first-order chi connectivity index (χ1) is 16.5. The molecule has 0 saturated carbocycles. The van der Waals surface area contributed by atoms with Crippen molar-refractivity contribution in [3.63, 3.8) is 0 Å². The van der Waals surface area contributed by atoms with Crippen molar-refractivity contribution >= 4 is 28.1 Å². The van der Waals surface area contributed by atoms with Gasteiger partial charge in [0.2, 0.25) is 0 Å². The molecule has 0 aliphatic heterocycles. The third-order valence-corrected chi connectivity index (χ3v) is 5.72. The minimum Gasteiger partial charge on any atom is -0.493 e. The third-order valence-electron chi connectivity index (χ3n) is 5.13. The topological polar surface area (TPSA) is 64.8 Å². The number of rotatable bonds is 8. The van der Waals surface area contributed by atoms with E-state index in [1.807, 2.05) is 78.5 Å². The molecular weight excluding hydrogens is 494 g/mol. The van der Waals surface area contributed by atoms with Crippen LogP contribution >= 0.6 is 15.9 Å². The molecule has 3 aromatic carbocycles. The van der Waals surface area contributed by atoms with Gasteiger partial charge in [-0.25, -0.2) is 5.43 Å². The fourth-order valence-corrected chi connectivity index (χ4v) is 4.10. The number of hydrazone groups is 1. The number of halogens is 1. The number of hydrogen-bond acceptors (Lipinski definition) is 4. The Morgan fingerprint density at radius 2 is 1.85 bits per heavy atom. The second kappa shape index (κ2) is 10.9. The Bertz CT molecular complexity index is 1320. The van der Waals surface area contributed by atoms with Crippen molar-refractivity contribution in [1.82, 2.24) is 9.99 Å². The zero-order valence-electron chi connectivity index (χ0n) is 18.9. The van der Waals surface area contributed by atoms with Crippen LogP contribution in [-0.4, -0.2) is 23.8 Å². The fourth-order valence-electron chi connectivity index (χ4n) is 3.52. The first-order valence-corrected chi connectivity index (χ1v) is 11.5. The molecule has 172 valence electrons. The van der Waals surface area contributed by atoms with Gasteiger partial charge in [-0.1, -0.05) is 42.0 Å². The van der Waals surface area contributed by atoms with Crippen molar-refractivity contribution in [3.05, 3.63) is 112 Å². The maximum Gasteiger partial charge on any atom is 0.273 e. The molecule has 0 atom stereocenters. The summed E-state index contributed by atoms with van der Waals surface area (Å²) in [5, 5.41) is 4.14. The molecule has 7 heteroatoms. The van der Waals surface area contributed by atoms with E-state index >= 15 is 0 Å². The third kappa shape index (κ3) is 5.55. The monoisotopic (exact) mass is 517 g/mol. The van der Waals surface area contributed by atoms with Gasteiger partial charge in [0.1, 0.15) is 6.61 Å². The molecular formula is C27H24BrN3O3. The molecule has 0 bridgehead atoms. The van der Waals surface area contributed by atoms with Crippen LogP contribution in [-0.2, 0) is 6.61 Å². The highest BCUT2D eigenvalue weighted by Crippen LogP contribution is 2.36. The minimum atomic E-state index is -0.301. The van der Waals surface area contributed by atoms with E-state index in [0.717, 1.165) is 21.3 Å². The average Bonchev–Trinajstić information content (AvgIpc) is 3.38. The normalized spacial score (nSPS) is 10.9. The number of aryl methyl sites for hydroxylation is 1. The Morgan fingerprint density at radius 1 is 1.06 bits per heavy atom. The number of carbonyl (C=O) groups is 1. The van der Waals surface area contributed by atoms with Gasteiger partial charge in [0.05, 0.1) is 29.0 Å². The van der Waals surface area contributed by atoms with Crippen molar-refractivity contribution in [2.75, 3.05) is 7.11 Å². The molecule has 1 N–H and O–H groups in total. The van der Waals surface area contributed by atoms with Crippen molar-refractivity contribution in [2.24, 2.45) is 5.10 Å². The summed E-state index contributed by atoms with van der Waals surface area (Å²) >= 11 is 3.56. The first kappa shape index (κ1) is 23.3. The van der Waals surface area contributed by atoms with Gasteiger partial charge < -0.3 is 14.0 Å². The van der Waals surface area contributed by atoms with Gasteiger partial charge >= 0.3 is 0 Å². The number of carbonyl (C=O) groups excluding carboxylic acids is 1. The van der Waals surface area contributed by atoms with E-state index in [1.165, 1.54) is 5.56 Å². The Kier molecular flexibility index (Phi) is 7.44. The van der Waals surface area contributed by atoms with Crippen LogP contribution in [0.5, 0.6) is 11.5 Å². The Hall–Kier alpha value is -3.84. The fraction of sp³-hybridized carbons (Fsp3) is 0.111. The molecule has 1 amide bonds. The zero-order valence-corrected chi connectivity index (χ0v) is 20.5. The van der Waals surface area contributed by atoms with Crippen LogP contribution in [0.25, 0.3) is 5.69 Å². The predicted octanol–water partition coefficient (Wildman–Crippen LogP) is 5.90. The van der Waals surface area contributed by atoms with Crippen molar-refractivity contribution in [3.8, 4) is 17.2 Å². The van der Waals surface area contributed by atoms with Crippen LogP contribution in [0.1, 0.15) is 27.0 Å². The number of benzene rings is 3. The SMILES string of the molecule is COc1cc(/C=N/NC(=O)c2ccccc2-n2cccc2)cc(Br)c1OCc1cccc(C)c1. The van der Waals surface area contributed by atoms with Gasteiger partial charge in [-0.3, -0.25) is 4.79 Å². The van der Waals surface area contributed by atoms with Crippen LogP contribution in [0.15, 0.2) is 94.8 Å². The minimum absolute atomic E-state index is 0.301. The number of para-hydroxylation sites is 1. The van der Waals surface area contributed by atoms with E-state index < -0.39 is 0 Å². The van der Waals surface area contributed by atoms with E-state index in [4.69, 9.17) is 9.47 Å². The molecule has 0 aliphatic rings. The van der Waals surface area contributed by atoms with Gasteiger partial charge in [0.25, 0.3) is 5.91 Å².